The number of hydrogen-bond donors (Lipinski definition) is 0. The Hall–Kier alpha value is -1.61. The van der Waals surface area contributed by atoms with E-state index in [1.54, 1.807) is 0 Å². The quantitative estimate of drug-likeness (QED) is 0.771. The summed E-state index contributed by atoms with van der Waals surface area (Å²) in [5, 5.41) is 0. The molecule has 3 aliphatic heterocycles. The van der Waals surface area contributed by atoms with Crippen molar-refractivity contribution in [2.75, 3.05) is 13.1 Å². The smallest absolute Gasteiger partial charge is 0.229 e. The molecule has 3 atom stereocenters. The Balaban J connectivity index is 1.46. The van der Waals surface area contributed by atoms with E-state index < -0.39 is 0 Å². The van der Waals surface area contributed by atoms with E-state index in [2.05, 4.69) is 24.3 Å². The van der Waals surface area contributed by atoms with Crippen LogP contribution in [0.4, 0.5) is 0 Å². The summed E-state index contributed by atoms with van der Waals surface area (Å²) >= 11 is 0. The fourth-order valence-corrected chi connectivity index (χ4v) is 3.59. The minimum Gasteiger partial charge on any atom is -0.361 e. The van der Waals surface area contributed by atoms with Crippen molar-refractivity contribution in [3.63, 3.8) is 0 Å². The van der Waals surface area contributed by atoms with Gasteiger partial charge in [0, 0.05) is 6.54 Å². The Labute approximate surface area is 112 Å². The summed E-state index contributed by atoms with van der Waals surface area (Å²) in [5.74, 6) is 0.348. The molecule has 3 aliphatic rings. The number of benzene rings is 1. The largest absolute Gasteiger partial charge is 0.361 e. The predicted molar refractivity (Wildman–Crippen MR) is 71.6 cm³/mol. The van der Waals surface area contributed by atoms with Crippen molar-refractivity contribution in [2.45, 2.75) is 24.5 Å². The summed E-state index contributed by atoms with van der Waals surface area (Å²) in [6.45, 7) is 1.53. The van der Waals surface area contributed by atoms with Crippen LogP contribution in [0.1, 0.15) is 12.0 Å². The average Bonchev–Trinajstić information content (AvgIpc) is 3.08. The van der Waals surface area contributed by atoms with Gasteiger partial charge in [0.2, 0.25) is 5.91 Å². The molecule has 4 rings (SSSR count). The van der Waals surface area contributed by atoms with Crippen LogP contribution in [0.25, 0.3) is 0 Å². The maximum Gasteiger partial charge on any atom is 0.229 e. The normalized spacial score (nSPS) is 35.2. The van der Waals surface area contributed by atoms with Gasteiger partial charge in [0.1, 0.15) is 5.60 Å². The van der Waals surface area contributed by atoms with Crippen LogP contribution in [0, 0.1) is 5.92 Å². The number of nitrogens with zero attached hydrogens (tertiary/aromatic N) is 1. The van der Waals surface area contributed by atoms with Crippen molar-refractivity contribution >= 4 is 5.91 Å². The van der Waals surface area contributed by atoms with Gasteiger partial charge in [-0.3, -0.25) is 4.79 Å². The van der Waals surface area contributed by atoms with E-state index >= 15 is 0 Å². The Morgan fingerprint density at radius 1 is 1.32 bits per heavy atom. The molecule has 19 heavy (non-hydrogen) atoms. The zero-order valence-corrected chi connectivity index (χ0v) is 10.8. The lowest BCUT2D eigenvalue weighted by Gasteiger charge is -2.21. The maximum atomic E-state index is 12.4. The highest BCUT2D eigenvalue weighted by atomic mass is 16.5. The second kappa shape index (κ2) is 3.94. The molecule has 3 unspecified atom stereocenters. The standard InChI is InChI=1S/C16H17NO2/c18-15-14-10-13-6-8-16(14,19-13)11-17(15)9-7-12-4-2-1-3-5-12/h1-6,8,13-14H,7,9-11H2. The molecule has 0 radical (unpaired) electrons. The van der Waals surface area contributed by atoms with E-state index in [1.165, 1.54) is 5.56 Å². The molecule has 0 saturated carbocycles. The van der Waals surface area contributed by atoms with Crippen LogP contribution in [-0.2, 0) is 16.0 Å². The van der Waals surface area contributed by atoms with Crippen molar-refractivity contribution < 1.29 is 9.53 Å². The SMILES string of the molecule is O=C1C2CC3C=CC2(CN1CCc1ccccc1)O3. The van der Waals surface area contributed by atoms with Crippen molar-refractivity contribution in [3.05, 3.63) is 48.0 Å². The van der Waals surface area contributed by atoms with Gasteiger partial charge in [-0.05, 0) is 18.4 Å². The number of ether oxygens (including phenoxy) is 1. The average molecular weight is 255 g/mol. The van der Waals surface area contributed by atoms with Gasteiger partial charge in [0.25, 0.3) is 0 Å². The van der Waals surface area contributed by atoms with Gasteiger partial charge in [-0.1, -0.05) is 42.5 Å². The monoisotopic (exact) mass is 255 g/mol. The first-order valence-corrected chi connectivity index (χ1v) is 6.97. The third kappa shape index (κ3) is 1.65. The van der Waals surface area contributed by atoms with Crippen LogP contribution in [0.5, 0.6) is 0 Å². The van der Waals surface area contributed by atoms with Crippen LogP contribution < -0.4 is 0 Å². The Morgan fingerprint density at radius 2 is 2.16 bits per heavy atom. The first-order chi connectivity index (χ1) is 9.27. The molecule has 1 aromatic carbocycles. The van der Waals surface area contributed by atoms with Crippen LogP contribution in [-0.4, -0.2) is 35.6 Å². The number of hydrogen-bond acceptors (Lipinski definition) is 2. The second-order valence-electron chi connectivity index (χ2n) is 5.75. The van der Waals surface area contributed by atoms with Crippen molar-refractivity contribution in [1.82, 2.24) is 4.90 Å². The van der Waals surface area contributed by atoms with Crippen molar-refractivity contribution in [2.24, 2.45) is 5.92 Å². The van der Waals surface area contributed by atoms with Crippen LogP contribution >= 0.6 is 0 Å². The Bertz CT molecular complexity index is 539. The van der Waals surface area contributed by atoms with Crippen molar-refractivity contribution in [3.8, 4) is 0 Å². The molecule has 3 heterocycles. The number of rotatable bonds is 3. The van der Waals surface area contributed by atoms with Gasteiger partial charge >= 0.3 is 0 Å². The summed E-state index contributed by atoms with van der Waals surface area (Å²) in [7, 11) is 0. The first kappa shape index (κ1) is 11.2. The van der Waals surface area contributed by atoms with Crippen LogP contribution in [0.15, 0.2) is 42.5 Å². The lowest BCUT2D eigenvalue weighted by Crippen LogP contribution is -2.33. The molecule has 1 aromatic rings. The summed E-state index contributed by atoms with van der Waals surface area (Å²) in [4.78, 5) is 14.4. The fraction of sp³-hybridized carbons (Fsp3) is 0.438. The number of fused-ring (bicyclic) bond motifs is 1. The summed E-state index contributed by atoms with van der Waals surface area (Å²) < 4.78 is 5.96. The summed E-state index contributed by atoms with van der Waals surface area (Å²) in [5.41, 5.74) is 0.990. The molecule has 3 nitrogen and oxygen atoms in total. The molecule has 0 aliphatic carbocycles. The molecule has 2 fully saturated rings. The molecule has 3 heteroatoms. The summed E-state index contributed by atoms with van der Waals surface area (Å²) in [6.07, 6.45) is 6.21. The molecular formula is C16H17NO2. The van der Waals surface area contributed by atoms with Gasteiger partial charge < -0.3 is 9.64 Å². The predicted octanol–water partition coefficient (Wildman–Crippen LogP) is 1.78. The number of carbonyl (C=O) groups excluding carboxylic acids is 1. The summed E-state index contributed by atoms with van der Waals surface area (Å²) in [6, 6.07) is 10.3. The van der Waals surface area contributed by atoms with E-state index in [0.717, 1.165) is 25.9 Å². The van der Waals surface area contributed by atoms with Crippen LogP contribution in [0.2, 0.25) is 0 Å². The van der Waals surface area contributed by atoms with Crippen molar-refractivity contribution in [1.29, 1.82) is 0 Å². The molecule has 0 aromatic heterocycles. The van der Waals surface area contributed by atoms with Gasteiger partial charge in [0.15, 0.2) is 0 Å². The van der Waals surface area contributed by atoms with Gasteiger partial charge in [-0.25, -0.2) is 0 Å². The minimum absolute atomic E-state index is 0.0678. The van der Waals surface area contributed by atoms with Gasteiger partial charge in [0.05, 0.1) is 18.6 Å². The zero-order chi connectivity index (χ0) is 12.9. The third-order valence-electron chi connectivity index (χ3n) is 4.58. The molecule has 2 bridgehead atoms. The number of likely N-dealkylation sites (tertiary alicyclic amines) is 1. The number of carbonyl (C=O) groups is 1. The number of amides is 1. The maximum absolute atomic E-state index is 12.4. The Kier molecular flexibility index (Phi) is 2.33. The highest BCUT2D eigenvalue weighted by molar-refractivity contribution is 5.84. The Morgan fingerprint density at radius 3 is 2.89 bits per heavy atom. The topological polar surface area (TPSA) is 29.5 Å². The van der Waals surface area contributed by atoms with E-state index in [9.17, 15) is 4.79 Å². The lowest BCUT2D eigenvalue weighted by molar-refractivity contribution is -0.131. The van der Waals surface area contributed by atoms with Gasteiger partial charge in [-0.2, -0.15) is 0 Å². The minimum atomic E-state index is -0.293. The highest BCUT2D eigenvalue weighted by Gasteiger charge is 2.59. The van der Waals surface area contributed by atoms with E-state index in [4.69, 9.17) is 4.74 Å². The van der Waals surface area contributed by atoms with E-state index in [1.807, 2.05) is 23.1 Å². The lowest BCUT2D eigenvalue weighted by atomic mass is 9.86. The van der Waals surface area contributed by atoms with Crippen LogP contribution in [0.3, 0.4) is 0 Å². The molecule has 2 saturated heterocycles. The first-order valence-electron chi connectivity index (χ1n) is 6.97. The molecular weight excluding hydrogens is 238 g/mol. The molecule has 0 N–H and O–H groups in total. The van der Waals surface area contributed by atoms with E-state index in [-0.39, 0.29) is 23.5 Å². The fourth-order valence-electron chi connectivity index (χ4n) is 3.59. The van der Waals surface area contributed by atoms with E-state index in [0.29, 0.717) is 0 Å². The van der Waals surface area contributed by atoms with Gasteiger partial charge in [-0.15, -0.1) is 0 Å². The molecule has 1 amide bonds. The third-order valence-corrected chi connectivity index (χ3v) is 4.58. The second-order valence-corrected chi connectivity index (χ2v) is 5.75. The highest BCUT2D eigenvalue weighted by Crippen LogP contribution is 2.48. The zero-order valence-electron chi connectivity index (χ0n) is 10.8. The molecule has 98 valence electrons. The molecule has 1 spiro atoms.